The molecule has 10 nitrogen and oxygen atoms in total. The van der Waals surface area contributed by atoms with Gasteiger partial charge in [0.15, 0.2) is 0 Å². The first-order valence-corrected chi connectivity index (χ1v) is 6.93. The highest BCUT2D eigenvalue weighted by Crippen LogP contribution is 2.20. The Kier molecular flexibility index (Phi) is 3.64. The Morgan fingerprint density at radius 3 is 2.41 bits per heavy atom. The molecule has 3 rings (SSSR count). The molecule has 0 spiro atoms. The van der Waals surface area contributed by atoms with E-state index in [0.29, 0.717) is 23.0 Å². The van der Waals surface area contributed by atoms with Gasteiger partial charge in [-0.3, -0.25) is 5.01 Å². The average Bonchev–Trinajstić information content (AvgIpc) is 3.17. The Hall–Kier alpha value is -3.04. The fraction of sp³-hybridized carbons (Fsp3) is 0.333. The first-order valence-electron chi connectivity index (χ1n) is 6.93. The van der Waals surface area contributed by atoms with E-state index in [2.05, 4.69) is 31.1 Å². The molecule has 0 fully saturated rings. The highest BCUT2D eigenvalue weighted by Gasteiger charge is 2.21. The number of para-hydroxylation sites is 2. The van der Waals surface area contributed by atoms with Gasteiger partial charge in [0.1, 0.15) is 0 Å². The van der Waals surface area contributed by atoms with Crippen molar-refractivity contribution in [2.75, 3.05) is 23.8 Å². The minimum absolute atomic E-state index is 0.426. The summed E-state index contributed by atoms with van der Waals surface area (Å²) in [5.74, 6) is 0.881. The SMILES string of the molecule is CCN(CC)n1nnnc1-c1nnnn1-c1ccccc1N. The van der Waals surface area contributed by atoms with Gasteiger partial charge < -0.3 is 5.73 Å². The van der Waals surface area contributed by atoms with Crippen molar-refractivity contribution in [3.8, 4) is 17.3 Å². The van der Waals surface area contributed by atoms with Crippen molar-refractivity contribution < 1.29 is 0 Å². The molecule has 3 aromatic rings. The van der Waals surface area contributed by atoms with Gasteiger partial charge in [0, 0.05) is 13.1 Å². The zero-order chi connectivity index (χ0) is 15.5. The molecule has 2 N–H and O–H groups in total. The molecule has 0 saturated carbocycles. The molecule has 2 aromatic heterocycles. The molecule has 0 saturated heterocycles. The van der Waals surface area contributed by atoms with E-state index in [1.54, 1.807) is 10.9 Å². The second-order valence-corrected chi connectivity index (χ2v) is 4.50. The van der Waals surface area contributed by atoms with E-state index in [9.17, 15) is 0 Å². The van der Waals surface area contributed by atoms with Gasteiger partial charge in [-0.25, -0.2) is 0 Å². The summed E-state index contributed by atoms with van der Waals surface area (Å²) in [6.45, 7) is 5.55. The number of aromatic nitrogens is 8. The topological polar surface area (TPSA) is 116 Å². The van der Waals surface area contributed by atoms with E-state index >= 15 is 0 Å². The number of nitrogens with two attached hydrogens (primary N) is 1. The lowest BCUT2D eigenvalue weighted by Gasteiger charge is -2.20. The number of hydrogen-bond acceptors (Lipinski definition) is 8. The summed E-state index contributed by atoms with van der Waals surface area (Å²) in [7, 11) is 0. The molecule has 1 aromatic carbocycles. The van der Waals surface area contributed by atoms with Crippen LogP contribution in [-0.2, 0) is 0 Å². The number of benzene rings is 1. The summed E-state index contributed by atoms with van der Waals surface area (Å²) in [6.07, 6.45) is 0. The molecular weight excluding hydrogens is 284 g/mol. The predicted octanol–water partition coefficient (Wildman–Crippen LogP) is -0.124. The van der Waals surface area contributed by atoms with Crippen molar-refractivity contribution in [1.82, 2.24) is 40.5 Å². The number of nitrogens with zero attached hydrogens (tertiary/aromatic N) is 9. The first kappa shape index (κ1) is 13.9. The third-order valence-corrected chi connectivity index (χ3v) is 3.29. The van der Waals surface area contributed by atoms with E-state index in [1.807, 2.05) is 37.1 Å². The van der Waals surface area contributed by atoms with Crippen molar-refractivity contribution >= 4 is 5.69 Å². The second kappa shape index (κ2) is 5.76. The van der Waals surface area contributed by atoms with Crippen LogP contribution in [0, 0.1) is 0 Å². The van der Waals surface area contributed by atoms with Crippen molar-refractivity contribution in [3.05, 3.63) is 24.3 Å². The first-order chi connectivity index (χ1) is 10.8. The number of rotatable bonds is 5. The van der Waals surface area contributed by atoms with Crippen LogP contribution in [-0.4, -0.2) is 53.6 Å². The van der Waals surface area contributed by atoms with Crippen LogP contribution in [0.25, 0.3) is 17.3 Å². The zero-order valence-corrected chi connectivity index (χ0v) is 12.3. The standard InChI is InChI=1S/C12H16N10/c1-3-20(4-2)22-12(15-17-19-22)11-14-16-18-21(11)10-8-6-5-7-9(10)13/h5-8H,3-4,13H2,1-2H3. The molecule has 0 bridgehead atoms. The third kappa shape index (κ3) is 2.24. The van der Waals surface area contributed by atoms with Crippen LogP contribution in [0.3, 0.4) is 0 Å². The molecule has 2 heterocycles. The molecular formula is C12H16N10. The summed E-state index contributed by atoms with van der Waals surface area (Å²) in [5, 5.41) is 25.5. The number of hydrogen-bond donors (Lipinski definition) is 1. The maximum atomic E-state index is 6.00. The van der Waals surface area contributed by atoms with Gasteiger partial charge >= 0.3 is 0 Å². The highest BCUT2D eigenvalue weighted by molar-refractivity contribution is 5.60. The summed E-state index contributed by atoms with van der Waals surface area (Å²) >= 11 is 0. The van der Waals surface area contributed by atoms with Crippen molar-refractivity contribution in [1.29, 1.82) is 0 Å². The largest absolute Gasteiger partial charge is 0.397 e. The van der Waals surface area contributed by atoms with Crippen molar-refractivity contribution in [3.63, 3.8) is 0 Å². The fourth-order valence-electron chi connectivity index (χ4n) is 2.17. The van der Waals surface area contributed by atoms with Crippen LogP contribution in [0.2, 0.25) is 0 Å². The smallest absolute Gasteiger partial charge is 0.243 e. The molecule has 0 aliphatic rings. The van der Waals surface area contributed by atoms with E-state index in [-0.39, 0.29) is 0 Å². The minimum atomic E-state index is 0.426. The molecule has 10 heteroatoms. The van der Waals surface area contributed by atoms with Crippen LogP contribution in [0.4, 0.5) is 5.69 Å². The van der Waals surface area contributed by atoms with E-state index in [4.69, 9.17) is 5.73 Å². The molecule has 0 atom stereocenters. The van der Waals surface area contributed by atoms with Gasteiger partial charge in [-0.05, 0) is 46.8 Å². The Balaban J connectivity index is 2.11. The monoisotopic (exact) mass is 300 g/mol. The quantitative estimate of drug-likeness (QED) is 0.648. The molecule has 0 unspecified atom stereocenters. The maximum Gasteiger partial charge on any atom is 0.243 e. The average molecular weight is 300 g/mol. The molecule has 114 valence electrons. The van der Waals surface area contributed by atoms with E-state index in [0.717, 1.165) is 13.1 Å². The number of nitrogen functional groups attached to an aromatic ring is 1. The van der Waals surface area contributed by atoms with E-state index in [1.165, 1.54) is 4.68 Å². The van der Waals surface area contributed by atoms with Gasteiger partial charge in [-0.2, -0.15) is 4.68 Å². The van der Waals surface area contributed by atoms with Crippen LogP contribution in [0.5, 0.6) is 0 Å². The van der Waals surface area contributed by atoms with Crippen molar-refractivity contribution in [2.24, 2.45) is 0 Å². The van der Waals surface area contributed by atoms with Gasteiger partial charge in [-0.1, -0.05) is 12.1 Å². The Morgan fingerprint density at radius 2 is 1.68 bits per heavy atom. The molecule has 22 heavy (non-hydrogen) atoms. The lowest BCUT2D eigenvalue weighted by atomic mass is 10.3. The van der Waals surface area contributed by atoms with Gasteiger partial charge in [0.2, 0.25) is 11.6 Å². The van der Waals surface area contributed by atoms with Crippen LogP contribution in [0.1, 0.15) is 13.8 Å². The summed E-state index contributed by atoms with van der Waals surface area (Å²) < 4.78 is 1.53. The normalized spacial score (nSPS) is 10.8. The zero-order valence-electron chi connectivity index (χ0n) is 12.3. The minimum Gasteiger partial charge on any atom is -0.397 e. The predicted molar refractivity (Wildman–Crippen MR) is 79.7 cm³/mol. The van der Waals surface area contributed by atoms with Gasteiger partial charge in [-0.15, -0.1) is 15.0 Å². The fourth-order valence-corrected chi connectivity index (χ4v) is 2.17. The summed E-state index contributed by atoms with van der Waals surface area (Å²) in [6, 6.07) is 7.34. The Morgan fingerprint density at radius 1 is 1.00 bits per heavy atom. The number of tetrazole rings is 2. The number of anilines is 1. The van der Waals surface area contributed by atoms with Crippen LogP contribution < -0.4 is 10.7 Å². The molecule has 0 amide bonds. The van der Waals surface area contributed by atoms with Gasteiger partial charge in [0.25, 0.3) is 0 Å². The van der Waals surface area contributed by atoms with Crippen LogP contribution >= 0.6 is 0 Å². The summed E-state index contributed by atoms with van der Waals surface area (Å²) in [5.41, 5.74) is 7.24. The molecule has 0 aliphatic heterocycles. The van der Waals surface area contributed by atoms with Gasteiger partial charge in [0.05, 0.1) is 11.4 Å². The second-order valence-electron chi connectivity index (χ2n) is 4.50. The Labute approximate surface area is 126 Å². The van der Waals surface area contributed by atoms with Crippen LogP contribution in [0.15, 0.2) is 24.3 Å². The van der Waals surface area contributed by atoms with E-state index < -0.39 is 0 Å². The Bertz CT molecular complexity index is 757. The highest BCUT2D eigenvalue weighted by atomic mass is 15.8. The third-order valence-electron chi connectivity index (χ3n) is 3.29. The lowest BCUT2D eigenvalue weighted by Crippen LogP contribution is -2.36. The molecule has 0 radical (unpaired) electrons. The van der Waals surface area contributed by atoms with Crippen molar-refractivity contribution in [2.45, 2.75) is 13.8 Å². The molecule has 0 aliphatic carbocycles. The maximum absolute atomic E-state index is 6.00. The summed E-state index contributed by atoms with van der Waals surface area (Å²) in [4.78, 5) is 1.60. The lowest BCUT2D eigenvalue weighted by molar-refractivity contribution is 0.541.